The second-order valence-electron chi connectivity index (χ2n) is 4.78. The third-order valence-corrected chi connectivity index (χ3v) is 4.12. The maximum Gasteiger partial charge on any atom is 0.0766 e. The van der Waals surface area contributed by atoms with E-state index in [0.29, 0.717) is 5.41 Å². The third kappa shape index (κ3) is 1.97. The van der Waals surface area contributed by atoms with Crippen LogP contribution in [0.1, 0.15) is 25.2 Å². The summed E-state index contributed by atoms with van der Waals surface area (Å²) in [5.41, 5.74) is 2.92. The van der Waals surface area contributed by atoms with E-state index >= 15 is 0 Å². The van der Waals surface area contributed by atoms with Gasteiger partial charge in [-0.25, -0.2) is 0 Å². The fraction of sp³-hybridized carbons (Fsp3) is 0.727. The molecule has 1 aromatic heterocycles. The average molecular weight is 272 g/mol. The van der Waals surface area contributed by atoms with Crippen LogP contribution in [0, 0.1) is 5.41 Å². The molecule has 1 fully saturated rings. The third-order valence-electron chi connectivity index (χ3n) is 3.20. The fourth-order valence-corrected chi connectivity index (χ4v) is 2.85. The first-order valence-corrected chi connectivity index (χ1v) is 6.26. The lowest BCUT2D eigenvalue weighted by molar-refractivity contribution is 0.191. The van der Waals surface area contributed by atoms with Crippen molar-refractivity contribution in [3.8, 4) is 0 Å². The molecule has 0 amide bonds. The van der Waals surface area contributed by atoms with Crippen LogP contribution < -0.4 is 5.32 Å². The molecule has 1 aliphatic rings. The Bertz CT molecular complexity index is 366. The minimum atomic E-state index is 0.418. The van der Waals surface area contributed by atoms with E-state index in [2.05, 4.69) is 40.2 Å². The van der Waals surface area contributed by atoms with E-state index in [1.165, 1.54) is 15.9 Å². The molecule has 0 atom stereocenters. The Balaban J connectivity index is 2.23. The van der Waals surface area contributed by atoms with Gasteiger partial charge in [0.15, 0.2) is 0 Å². The minimum absolute atomic E-state index is 0.418. The predicted molar refractivity (Wildman–Crippen MR) is 65.0 cm³/mol. The van der Waals surface area contributed by atoms with E-state index in [1.54, 1.807) is 0 Å². The van der Waals surface area contributed by atoms with E-state index < -0.39 is 0 Å². The summed E-state index contributed by atoms with van der Waals surface area (Å²) in [4.78, 5) is 0. The van der Waals surface area contributed by atoms with Crippen LogP contribution in [0.3, 0.4) is 0 Å². The van der Waals surface area contributed by atoms with Crippen molar-refractivity contribution < 1.29 is 0 Å². The Labute approximate surface area is 99.4 Å². The highest BCUT2D eigenvalue weighted by molar-refractivity contribution is 9.10. The van der Waals surface area contributed by atoms with Crippen LogP contribution in [0.2, 0.25) is 0 Å². The smallest absolute Gasteiger partial charge is 0.0766 e. The van der Waals surface area contributed by atoms with Crippen molar-refractivity contribution in [3.05, 3.63) is 15.9 Å². The molecular weight excluding hydrogens is 254 g/mol. The molecule has 15 heavy (non-hydrogen) atoms. The molecule has 1 aliphatic heterocycles. The van der Waals surface area contributed by atoms with Gasteiger partial charge < -0.3 is 5.32 Å². The summed E-state index contributed by atoms with van der Waals surface area (Å²) < 4.78 is 3.23. The second kappa shape index (κ2) is 3.91. The van der Waals surface area contributed by atoms with Crippen molar-refractivity contribution in [1.29, 1.82) is 0 Å². The van der Waals surface area contributed by atoms with Gasteiger partial charge in [-0.1, -0.05) is 13.8 Å². The van der Waals surface area contributed by atoms with Crippen molar-refractivity contribution in [3.63, 3.8) is 0 Å². The largest absolute Gasteiger partial charge is 0.316 e. The molecule has 0 radical (unpaired) electrons. The first-order valence-electron chi connectivity index (χ1n) is 5.47. The van der Waals surface area contributed by atoms with Gasteiger partial charge in [-0.15, -0.1) is 0 Å². The monoisotopic (exact) mass is 271 g/mol. The minimum Gasteiger partial charge on any atom is -0.316 e. The molecule has 0 bridgehead atoms. The average Bonchev–Trinajstić information content (AvgIpc) is 2.42. The molecule has 0 spiro atoms. The normalized spacial score (nSPS) is 18.9. The zero-order valence-corrected chi connectivity index (χ0v) is 11.2. The van der Waals surface area contributed by atoms with Crippen LogP contribution in [0.25, 0.3) is 0 Å². The lowest BCUT2D eigenvalue weighted by Gasteiger charge is -2.39. The number of rotatable bonds is 3. The molecule has 4 heteroatoms. The van der Waals surface area contributed by atoms with Crippen LogP contribution >= 0.6 is 15.9 Å². The van der Waals surface area contributed by atoms with E-state index in [9.17, 15) is 0 Å². The number of nitrogens with zero attached hydrogens (tertiary/aromatic N) is 2. The second-order valence-corrected chi connectivity index (χ2v) is 5.57. The van der Waals surface area contributed by atoms with Gasteiger partial charge in [0.05, 0.1) is 15.9 Å². The van der Waals surface area contributed by atoms with Crippen molar-refractivity contribution in [2.24, 2.45) is 12.5 Å². The van der Waals surface area contributed by atoms with E-state index in [-0.39, 0.29) is 0 Å². The highest BCUT2D eigenvalue weighted by Gasteiger charge is 2.33. The zero-order chi connectivity index (χ0) is 11.1. The summed E-state index contributed by atoms with van der Waals surface area (Å²) in [6.07, 6.45) is 2.09. The summed E-state index contributed by atoms with van der Waals surface area (Å²) in [5, 5.41) is 7.86. The molecule has 2 rings (SSSR count). The zero-order valence-electron chi connectivity index (χ0n) is 9.60. The number of aromatic nitrogens is 2. The van der Waals surface area contributed by atoms with Gasteiger partial charge in [-0.3, -0.25) is 4.68 Å². The summed E-state index contributed by atoms with van der Waals surface area (Å²) >= 11 is 3.66. The van der Waals surface area contributed by atoms with Crippen LogP contribution in [0.15, 0.2) is 4.47 Å². The number of halogens is 1. The van der Waals surface area contributed by atoms with E-state index in [0.717, 1.165) is 25.9 Å². The van der Waals surface area contributed by atoms with Crippen molar-refractivity contribution in [1.82, 2.24) is 15.1 Å². The summed E-state index contributed by atoms with van der Waals surface area (Å²) in [5.74, 6) is 0. The van der Waals surface area contributed by atoms with Gasteiger partial charge in [-0.05, 0) is 34.2 Å². The molecular formula is C11H18BrN3. The summed E-state index contributed by atoms with van der Waals surface area (Å²) in [6, 6.07) is 0. The fourth-order valence-electron chi connectivity index (χ4n) is 2.09. The first-order chi connectivity index (χ1) is 7.06. The predicted octanol–water partition coefficient (Wildman–Crippen LogP) is 1.90. The van der Waals surface area contributed by atoms with Gasteiger partial charge >= 0.3 is 0 Å². The van der Waals surface area contributed by atoms with Gasteiger partial charge in [0.2, 0.25) is 0 Å². The van der Waals surface area contributed by atoms with Crippen molar-refractivity contribution in [2.75, 3.05) is 13.1 Å². The van der Waals surface area contributed by atoms with Crippen LogP contribution in [0.4, 0.5) is 0 Å². The maximum atomic E-state index is 4.52. The van der Waals surface area contributed by atoms with Crippen molar-refractivity contribution >= 4 is 15.9 Å². The Kier molecular flexibility index (Phi) is 2.90. The Hall–Kier alpha value is -0.350. The van der Waals surface area contributed by atoms with Crippen molar-refractivity contribution in [2.45, 2.75) is 26.7 Å². The topological polar surface area (TPSA) is 29.9 Å². The number of aryl methyl sites for hydroxylation is 2. The lowest BCUT2D eigenvalue weighted by Crippen LogP contribution is -2.52. The SMILES string of the molecule is CCc1nn(C)c(CC2(C)CNC2)c1Br. The molecule has 1 aromatic rings. The highest BCUT2D eigenvalue weighted by atomic mass is 79.9. The summed E-state index contributed by atoms with van der Waals surface area (Å²) in [7, 11) is 2.04. The van der Waals surface area contributed by atoms with Crippen LogP contribution in [-0.2, 0) is 19.9 Å². The molecule has 0 unspecified atom stereocenters. The Morgan fingerprint density at radius 3 is 2.60 bits per heavy atom. The molecule has 0 aromatic carbocycles. The standard InChI is InChI=1S/C11H18BrN3/c1-4-8-10(12)9(15(3)14-8)5-11(2)6-13-7-11/h13H,4-7H2,1-3H3. The molecule has 0 saturated carbocycles. The van der Waals surface area contributed by atoms with Crippen LogP contribution in [-0.4, -0.2) is 22.9 Å². The number of hydrogen-bond donors (Lipinski definition) is 1. The molecule has 1 N–H and O–H groups in total. The van der Waals surface area contributed by atoms with E-state index in [4.69, 9.17) is 0 Å². The quantitative estimate of drug-likeness (QED) is 0.910. The lowest BCUT2D eigenvalue weighted by atomic mass is 9.80. The Morgan fingerprint density at radius 1 is 1.53 bits per heavy atom. The molecule has 84 valence electrons. The summed E-state index contributed by atoms with van der Waals surface area (Å²) in [6.45, 7) is 6.70. The molecule has 1 saturated heterocycles. The Morgan fingerprint density at radius 2 is 2.20 bits per heavy atom. The van der Waals surface area contributed by atoms with Gasteiger partial charge in [0.25, 0.3) is 0 Å². The van der Waals surface area contributed by atoms with Gasteiger partial charge in [0, 0.05) is 20.1 Å². The van der Waals surface area contributed by atoms with Crippen LogP contribution in [0.5, 0.6) is 0 Å². The molecule has 2 heterocycles. The number of hydrogen-bond acceptors (Lipinski definition) is 2. The number of nitrogens with one attached hydrogen (secondary N) is 1. The maximum absolute atomic E-state index is 4.52. The highest BCUT2D eigenvalue weighted by Crippen LogP contribution is 2.31. The van der Waals surface area contributed by atoms with Gasteiger partial charge in [0.1, 0.15) is 0 Å². The van der Waals surface area contributed by atoms with Gasteiger partial charge in [-0.2, -0.15) is 5.10 Å². The first kappa shape index (κ1) is 11.1. The molecule has 3 nitrogen and oxygen atoms in total. The molecule has 0 aliphatic carbocycles. The van der Waals surface area contributed by atoms with E-state index in [1.807, 2.05) is 11.7 Å².